The first-order valence-corrected chi connectivity index (χ1v) is 10.8. The Kier molecular flexibility index (Phi) is 5.11. The summed E-state index contributed by atoms with van der Waals surface area (Å²) in [7, 11) is 0. The van der Waals surface area contributed by atoms with E-state index in [9.17, 15) is 9.18 Å². The molecule has 0 radical (unpaired) electrons. The summed E-state index contributed by atoms with van der Waals surface area (Å²) >= 11 is 9.54. The minimum absolute atomic E-state index is 0.0243. The van der Waals surface area contributed by atoms with E-state index in [-0.39, 0.29) is 29.7 Å². The first kappa shape index (κ1) is 19.7. The molecule has 0 aromatic heterocycles. The summed E-state index contributed by atoms with van der Waals surface area (Å²) in [5, 5.41) is 0.608. The molecule has 0 saturated carbocycles. The van der Waals surface area contributed by atoms with Gasteiger partial charge in [0.1, 0.15) is 11.9 Å². The second-order valence-electron chi connectivity index (χ2n) is 7.55. The molecule has 0 aliphatic carbocycles. The highest BCUT2D eigenvalue weighted by Gasteiger charge is 2.55. The van der Waals surface area contributed by atoms with Gasteiger partial charge in [0.25, 0.3) is 0 Å². The van der Waals surface area contributed by atoms with Crippen LogP contribution in [0.4, 0.5) is 10.1 Å². The Labute approximate surface area is 187 Å². The second-order valence-corrected chi connectivity index (χ2v) is 8.91. The zero-order valence-electron chi connectivity index (χ0n) is 15.7. The highest BCUT2D eigenvalue weighted by Crippen LogP contribution is 2.49. The van der Waals surface area contributed by atoms with E-state index in [1.807, 2.05) is 36.4 Å². The van der Waals surface area contributed by atoms with Crippen molar-refractivity contribution >= 4 is 39.1 Å². The summed E-state index contributed by atoms with van der Waals surface area (Å²) in [4.78, 5) is 15.3. The molecule has 2 saturated heterocycles. The van der Waals surface area contributed by atoms with Gasteiger partial charge < -0.3 is 4.90 Å². The zero-order valence-corrected chi connectivity index (χ0v) is 18.1. The quantitative estimate of drug-likeness (QED) is 0.537. The van der Waals surface area contributed by atoms with Gasteiger partial charge in [-0.1, -0.05) is 51.8 Å². The molecule has 0 spiro atoms. The number of fused-ring (bicyclic) bond motifs is 1. The fourth-order valence-electron chi connectivity index (χ4n) is 4.51. The van der Waals surface area contributed by atoms with Crippen LogP contribution >= 0.6 is 27.5 Å². The van der Waals surface area contributed by atoms with Crippen molar-refractivity contribution in [3.63, 3.8) is 0 Å². The van der Waals surface area contributed by atoms with E-state index in [4.69, 9.17) is 11.6 Å². The topological polar surface area (TPSA) is 44.4 Å². The lowest BCUT2D eigenvalue weighted by molar-refractivity contribution is -0.119. The van der Waals surface area contributed by atoms with E-state index in [1.54, 1.807) is 29.2 Å². The molecule has 4 unspecified atom stereocenters. The fraction of sp³-hybridized carbons (Fsp3) is 0.174. The molecule has 4 atom stereocenters. The molecule has 2 fully saturated rings. The van der Waals surface area contributed by atoms with Crippen molar-refractivity contribution in [2.24, 2.45) is 5.92 Å². The van der Waals surface area contributed by atoms with Gasteiger partial charge in [-0.2, -0.15) is 0 Å². The van der Waals surface area contributed by atoms with Gasteiger partial charge in [0.2, 0.25) is 5.91 Å². The Morgan fingerprint density at radius 1 is 0.833 bits per heavy atom. The Balaban J connectivity index is 1.62. The number of halogens is 3. The van der Waals surface area contributed by atoms with Gasteiger partial charge in [-0.25, -0.2) is 15.2 Å². The minimum atomic E-state index is -0.399. The van der Waals surface area contributed by atoms with Crippen LogP contribution < -0.4 is 15.8 Å². The predicted octanol–water partition coefficient (Wildman–Crippen LogP) is 5.16. The molecule has 7 heteroatoms. The number of anilines is 1. The average molecular weight is 487 g/mol. The van der Waals surface area contributed by atoms with Crippen LogP contribution in [-0.4, -0.2) is 11.9 Å². The number of hydrazine groups is 1. The summed E-state index contributed by atoms with van der Waals surface area (Å²) < 4.78 is 14.6. The van der Waals surface area contributed by atoms with Gasteiger partial charge in [0, 0.05) is 21.1 Å². The number of hydrogen-bond donors (Lipinski definition) is 2. The molecule has 3 aromatic rings. The number of hydrogen-bond acceptors (Lipinski definition) is 3. The Hall–Kier alpha value is -2.25. The first-order chi connectivity index (χ1) is 14.5. The van der Waals surface area contributed by atoms with Gasteiger partial charge in [0.05, 0.1) is 12.1 Å². The van der Waals surface area contributed by atoms with Gasteiger partial charge in [0.15, 0.2) is 0 Å². The molecule has 3 aromatic carbocycles. The lowest BCUT2D eigenvalue weighted by Crippen LogP contribution is -2.41. The molecule has 2 aliphatic heterocycles. The van der Waals surface area contributed by atoms with E-state index >= 15 is 0 Å². The van der Waals surface area contributed by atoms with E-state index in [2.05, 4.69) is 26.8 Å². The van der Waals surface area contributed by atoms with Crippen LogP contribution in [0.3, 0.4) is 0 Å². The van der Waals surface area contributed by atoms with E-state index in [0.717, 1.165) is 21.3 Å². The number of benzene rings is 3. The molecular formula is C23H18BrClFN3O. The maximum atomic E-state index is 13.6. The summed E-state index contributed by atoms with van der Waals surface area (Å²) in [6, 6.07) is 21.0. The van der Waals surface area contributed by atoms with Crippen LogP contribution in [0.15, 0.2) is 77.3 Å². The zero-order chi connectivity index (χ0) is 20.8. The van der Waals surface area contributed by atoms with Crippen molar-refractivity contribution in [1.29, 1.82) is 0 Å². The summed E-state index contributed by atoms with van der Waals surface area (Å²) in [5.74, 6) is -0.409. The Morgan fingerprint density at radius 2 is 1.43 bits per heavy atom. The number of amides is 1. The number of rotatable bonds is 3. The monoisotopic (exact) mass is 485 g/mol. The second kappa shape index (κ2) is 7.78. The van der Waals surface area contributed by atoms with Gasteiger partial charge in [-0.3, -0.25) is 4.79 Å². The molecule has 4 nitrogen and oxygen atoms in total. The molecule has 2 N–H and O–H groups in total. The molecule has 152 valence electrons. The predicted molar refractivity (Wildman–Crippen MR) is 119 cm³/mol. The van der Waals surface area contributed by atoms with Gasteiger partial charge >= 0.3 is 0 Å². The van der Waals surface area contributed by atoms with Gasteiger partial charge in [-0.15, -0.1) is 0 Å². The Morgan fingerprint density at radius 3 is 2.10 bits per heavy atom. The number of nitrogens with zero attached hydrogens (tertiary/aromatic N) is 1. The molecule has 2 heterocycles. The Bertz CT molecular complexity index is 1080. The highest BCUT2D eigenvalue weighted by atomic mass is 79.9. The van der Waals surface area contributed by atoms with Crippen LogP contribution in [0.25, 0.3) is 0 Å². The standard InChI is InChI=1S/C23H18BrClFN3O/c24-15-5-1-13(2-6-15)20-19-21(28-27-20)23(30)29(18-11-7-16(25)8-12-18)22(19)14-3-9-17(26)10-4-14/h1-12,19-22,27-28H. The van der Waals surface area contributed by atoms with Crippen molar-refractivity contribution in [2.75, 3.05) is 4.90 Å². The average Bonchev–Trinajstić information content (AvgIpc) is 3.29. The van der Waals surface area contributed by atoms with Gasteiger partial charge in [-0.05, 0) is 59.7 Å². The summed E-state index contributed by atoms with van der Waals surface area (Å²) in [6.45, 7) is 0. The third-order valence-electron chi connectivity index (χ3n) is 5.86. The molecule has 5 rings (SSSR count). The number of nitrogens with one attached hydrogen (secondary N) is 2. The smallest absolute Gasteiger partial charge is 0.246 e. The van der Waals surface area contributed by atoms with E-state index in [1.165, 1.54) is 12.1 Å². The van der Waals surface area contributed by atoms with E-state index < -0.39 is 6.04 Å². The maximum Gasteiger partial charge on any atom is 0.246 e. The summed E-state index contributed by atoms with van der Waals surface area (Å²) in [5.41, 5.74) is 9.25. The summed E-state index contributed by atoms with van der Waals surface area (Å²) in [6.07, 6.45) is 0. The van der Waals surface area contributed by atoms with E-state index in [0.29, 0.717) is 5.02 Å². The van der Waals surface area contributed by atoms with Crippen molar-refractivity contribution in [3.05, 3.63) is 99.2 Å². The van der Waals surface area contributed by atoms with Crippen LogP contribution in [0, 0.1) is 11.7 Å². The van der Waals surface area contributed by atoms with Crippen molar-refractivity contribution in [2.45, 2.75) is 18.1 Å². The van der Waals surface area contributed by atoms with Crippen molar-refractivity contribution in [3.8, 4) is 0 Å². The van der Waals surface area contributed by atoms with Crippen LogP contribution in [-0.2, 0) is 4.79 Å². The number of carbonyl (C=O) groups is 1. The maximum absolute atomic E-state index is 13.6. The highest BCUT2D eigenvalue weighted by molar-refractivity contribution is 9.10. The molecule has 1 amide bonds. The first-order valence-electron chi connectivity index (χ1n) is 9.63. The van der Waals surface area contributed by atoms with Crippen molar-refractivity contribution in [1.82, 2.24) is 10.9 Å². The van der Waals surface area contributed by atoms with Crippen molar-refractivity contribution < 1.29 is 9.18 Å². The largest absolute Gasteiger partial charge is 0.303 e. The lowest BCUT2D eigenvalue weighted by atomic mass is 9.83. The molecule has 2 aliphatic rings. The normalized spacial score (nSPS) is 25.6. The lowest BCUT2D eigenvalue weighted by Gasteiger charge is -2.31. The molecule has 0 bridgehead atoms. The van der Waals surface area contributed by atoms with Crippen LogP contribution in [0.1, 0.15) is 23.2 Å². The minimum Gasteiger partial charge on any atom is -0.303 e. The molecular weight excluding hydrogens is 469 g/mol. The fourth-order valence-corrected chi connectivity index (χ4v) is 4.90. The third-order valence-corrected chi connectivity index (χ3v) is 6.64. The molecule has 30 heavy (non-hydrogen) atoms. The number of carbonyl (C=O) groups excluding carboxylic acids is 1. The third kappa shape index (κ3) is 3.34. The van der Waals surface area contributed by atoms with Crippen LogP contribution in [0.2, 0.25) is 5.02 Å². The van der Waals surface area contributed by atoms with Crippen LogP contribution in [0.5, 0.6) is 0 Å². The SMILES string of the molecule is O=C1C2NNC(c3ccc(Br)cc3)C2C(c2ccc(F)cc2)N1c1ccc(Cl)cc1.